The van der Waals surface area contributed by atoms with Crippen LogP contribution in [0, 0.1) is 0 Å². The largest absolute Gasteiger partial charge is 0.463 e. The summed E-state index contributed by atoms with van der Waals surface area (Å²) in [5, 5.41) is 6.96. The maximum absolute atomic E-state index is 12.6. The fraction of sp³-hybridized carbons (Fsp3) is 0.238. The lowest BCUT2D eigenvalue weighted by molar-refractivity contribution is -0.121. The summed E-state index contributed by atoms with van der Waals surface area (Å²) < 4.78 is 10.2. The monoisotopic (exact) mass is 404 g/mol. The van der Waals surface area contributed by atoms with E-state index in [1.54, 1.807) is 22.8 Å². The summed E-state index contributed by atoms with van der Waals surface area (Å²) in [5.41, 5.74) is 3.53. The zero-order valence-corrected chi connectivity index (χ0v) is 16.4. The van der Waals surface area contributed by atoms with Gasteiger partial charge in [0.25, 0.3) is 5.56 Å². The van der Waals surface area contributed by atoms with Crippen LogP contribution < -0.4 is 10.9 Å². The van der Waals surface area contributed by atoms with E-state index in [-0.39, 0.29) is 18.0 Å². The summed E-state index contributed by atoms with van der Waals surface area (Å²) in [7, 11) is 2.00. The topological polar surface area (TPSA) is 99.4 Å². The van der Waals surface area contributed by atoms with Crippen LogP contribution in [0.4, 0.5) is 0 Å². The van der Waals surface area contributed by atoms with Gasteiger partial charge in [-0.3, -0.25) is 14.0 Å². The van der Waals surface area contributed by atoms with E-state index >= 15 is 0 Å². The molecule has 152 valence electrons. The number of furan rings is 1. The van der Waals surface area contributed by atoms with Crippen molar-refractivity contribution in [2.45, 2.75) is 19.4 Å². The standard InChI is InChI=1S/C21H20N6O3/c1-25-15-6-3-2-5-14(15)24-19(25)7-4-9-22-20(28)12-27-21(29)17-11-18-16(8-10-30-18)26(17)13-23-27/h2-3,5-6,8,10-11,13H,4,7,9,12H2,1H3,(H,22,28). The van der Waals surface area contributed by atoms with Crippen molar-refractivity contribution in [2.24, 2.45) is 7.05 Å². The van der Waals surface area contributed by atoms with Crippen LogP contribution in [0.1, 0.15) is 12.2 Å². The van der Waals surface area contributed by atoms with E-state index in [2.05, 4.69) is 20.0 Å². The van der Waals surface area contributed by atoms with Crippen molar-refractivity contribution in [2.75, 3.05) is 6.54 Å². The van der Waals surface area contributed by atoms with Crippen molar-refractivity contribution in [1.29, 1.82) is 0 Å². The Hall–Kier alpha value is -3.88. The molecule has 0 aliphatic heterocycles. The molecule has 0 spiro atoms. The number of amides is 1. The van der Waals surface area contributed by atoms with E-state index < -0.39 is 0 Å². The van der Waals surface area contributed by atoms with Gasteiger partial charge in [0, 0.05) is 32.1 Å². The molecule has 0 atom stereocenters. The SMILES string of the molecule is Cn1c(CCCNC(=O)Cn2ncn3c(cc4occc43)c2=O)nc2ccccc21. The van der Waals surface area contributed by atoms with Crippen LogP contribution >= 0.6 is 0 Å². The molecule has 9 heteroatoms. The van der Waals surface area contributed by atoms with Gasteiger partial charge in [-0.2, -0.15) is 5.10 Å². The fourth-order valence-corrected chi connectivity index (χ4v) is 3.73. The van der Waals surface area contributed by atoms with Crippen molar-refractivity contribution in [3.05, 3.63) is 65.2 Å². The molecule has 0 saturated heterocycles. The second kappa shape index (κ2) is 7.18. The second-order valence-corrected chi connectivity index (χ2v) is 7.19. The number of nitrogens with zero attached hydrogens (tertiary/aromatic N) is 5. The zero-order chi connectivity index (χ0) is 20.7. The molecule has 1 aromatic carbocycles. The van der Waals surface area contributed by atoms with E-state index in [0.29, 0.717) is 17.6 Å². The van der Waals surface area contributed by atoms with Crippen LogP contribution in [-0.2, 0) is 24.8 Å². The lowest BCUT2D eigenvalue weighted by atomic mass is 10.3. The van der Waals surface area contributed by atoms with Crippen molar-refractivity contribution in [1.82, 2.24) is 29.0 Å². The van der Waals surface area contributed by atoms with Gasteiger partial charge in [-0.1, -0.05) is 12.1 Å². The van der Waals surface area contributed by atoms with Crippen molar-refractivity contribution in [3.63, 3.8) is 0 Å². The summed E-state index contributed by atoms with van der Waals surface area (Å²) in [5.74, 6) is 0.723. The van der Waals surface area contributed by atoms with Gasteiger partial charge >= 0.3 is 0 Å². The van der Waals surface area contributed by atoms with Crippen LogP contribution in [0.25, 0.3) is 27.6 Å². The minimum atomic E-state index is -0.334. The lowest BCUT2D eigenvalue weighted by Crippen LogP contribution is -2.34. The molecule has 5 aromatic rings. The summed E-state index contributed by atoms with van der Waals surface area (Å²) in [4.78, 5) is 29.5. The highest BCUT2D eigenvalue weighted by Crippen LogP contribution is 2.18. The van der Waals surface area contributed by atoms with Gasteiger partial charge in [0.05, 0.1) is 22.8 Å². The third-order valence-electron chi connectivity index (χ3n) is 5.29. The Balaban J connectivity index is 1.20. The number of carbonyl (C=O) groups is 1. The third kappa shape index (κ3) is 3.04. The molecule has 4 heterocycles. The molecule has 0 radical (unpaired) electrons. The predicted octanol–water partition coefficient (Wildman–Crippen LogP) is 1.88. The van der Waals surface area contributed by atoms with Gasteiger partial charge < -0.3 is 14.3 Å². The maximum atomic E-state index is 12.6. The predicted molar refractivity (Wildman–Crippen MR) is 111 cm³/mol. The van der Waals surface area contributed by atoms with Crippen LogP contribution in [0.2, 0.25) is 0 Å². The Bertz CT molecular complexity index is 1440. The number of hydrogen-bond donors (Lipinski definition) is 1. The number of imidazole rings is 1. The molecule has 1 amide bonds. The van der Waals surface area contributed by atoms with Crippen LogP contribution in [0.15, 0.2) is 58.2 Å². The van der Waals surface area contributed by atoms with Gasteiger partial charge in [0.2, 0.25) is 5.91 Å². The smallest absolute Gasteiger partial charge is 0.291 e. The van der Waals surface area contributed by atoms with Crippen LogP contribution in [-0.4, -0.2) is 36.2 Å². The van der Waals surface area contributed by atoms with E-state index in [4.69, 9.17) is 4.42 Å². The summed E-state index contributed by atoms with van der Waals surface area (Å²) in [6, 6.07) is 11.4. The average Bonchev–Trinajstić information content (AvgIpc) is 3.42. The molecule has 9 nitrogen and oxygen atoms in total. The first kappa shape index (κ1) is 18.2. The first-order valence-electron chi connectivity index (χ1n) is 9.73. The summed E-state index contributed by atoms with van der Waals surface area (Å²) >= 11 is 0. The van der Waals surface area contributed by atoms with Gasteiger partial charge in [-0.25, -0.2) is 9.67 Å². The van der Waals surface area contributed by atoms with Crippen LogP contribution in [0.5, 0.6) is 0 Å². The molecule has 1 N–H and O–H groups in total. The van der Waals surface area contributed by atoms with Crippen molar-refractivity contribution < 1.29 is 9.21 Å². The number of fused-ring (bicyclic) bond motifs is 4. The quantitative estimate of drug-likeness (QED) is 0.436. The first-order chi connectivity index (χ1) is 14.6. The molecule has 0 aliphatic carbocycles. The van der Waals surface area contributed by atoms with E-state index in [1.807, 2.05) is 31.3 Å². The molecule has 0 fully saturated rings. The van der Waals surface area contributed by atoms with Crippen molar-refractivity contribution >= 4 is 33.6 Å². The molecule has 0 aliphatic rings. The highest BCUT2D eigenvalue weighted by Gasteiger charge is 2.13. The Labute approximate surface area is 170 Å². The van der Waals surface area contributed by atoms with Gasteiger partial charge in [0.1, 0.15) is 24.2 Å². The van der Waals surface area contributed by atoms with Gasteiger partial charge in [-0.15, -0.1) is 0 Å². The van der Waals surface area contributed by atoms with Gasteiger partial charge in [-0.05, 0) is 18.6 Å². The number of aromatic nitrogens is 5. The molecule has 4 aromatic heterocycles. The number of rotatable bonds is 6. The normalized spacial score (nSPS) is 11.6. The fourth-order valence-electron chi connectivity index (χ4n) is 3.73. The summed E-state index contributed by atoms with van der Waals surface area (Å²) in [6.07, 6.45) is 4.58. The Morgan fingerprint density at radius 2 is 2.03 bits per heavy atom. The molecule has 30 heavy (non-hydrogen) atoms. The van der Waals surface area contributed by atoms with Crippen LogP contribution in [0.3, 0.4) is 0 Å². The number of hydrogen-bond acceptors (Lipinski definition) is 5. The van der Waals surface area contributed by atoms with E-state index in [9.17, 15) is 9.59 Å². The summed E-state index contributed by atoms with van der Waals surface area (Å²) in [6.45, 7) is 0.366. The number of benzene rings is 1. The van der Waals surface area contributed by atoms with E-state index in [0.717, 1.165) is 39.9 Å². The Morgan fingerprint density at radius 1 is 1.17 bits per heavy atom. The van der Waals surface area contributed by atoms with Crippen molar-refractivity contribution in [3.8, 4) is 0 Å². The Kier molecular flexibility index (Phi) is 4.35. The molecule has 5 rings (SSSR count). The Morgan fingerprint density at radius 3 is 2.90 bits per heavy atom. The average molecular weight is 404 g/mol. The number of nitrogens with one attached hydrogen (secondary N) is 1. The third-order valence-corrected chi connectivity index (χ3v) is 5.29. The number of aryl methyl sites for hydroxylation is 2. The second-order valence-electron chi connectivity index (χ2n) is 7.19. The molecular weight excluding hydrogens is 384 g/mol. The minimum absolute atomic E-state index is 0.131. The zero-order valence-electron chi connectivity index (χ0n) is 16.4. The molecule has 0 bridgehead atoms. The number of carbonyl (C=O) groups excluding carboxylic acids is 1. The van der Waals surface area contributed by atoms with E-state index in [1.165, 1.54) is 6.33 Å². The lowest BCUT2D eigenvalue weighted by Gasteiger charge is -2.07. The molecular formula is C21H20N6O3. The minimum Gasteiger partial charge on any atom is -0.463 e. The molecule has 0 saturated carbocycles. The van der Waals surface area contributed by atoms with Gasteiger partial charge in [0.15, 0.2) is 5.58 Å². The highest BCUT2D eigenvalue weighted by molar-refractivity contribution is 5.82. The highest BCUT2D eigenvalue weighted by atomic mass is 16.3. The molecule has 0 unspecified atom stereocenters. The number of para-hydroxylation sites is 2. The maximum Gasteiger partial charge on any atom is 0.291 e. The first-order valence-corrected chi connectivity index (χ1v) is 9.73.